The second-order valence-electron chi connectivity index (χ2n) is 9.71. The monoisotopic (exact) mass is 485 g/mol. The number of hydrogen-bond donors (Lipinski definition) is 1. The highest BCUT2D eigenvalue weighted by atomic mass is 19.4. The van der Waals surface area contributed by atoms with Crippen LogP contribution in [-0.2, 0) is 14.3 Å². The Labute approximate surface area is 198 Å². The lowest BCUT2D eigenvalue weighted by molar-refractivity contribution is -0.156. The van der Waals surface area contributed by atoms with E-state index in [1.807, 2.05) is 24.3 Å². The standard InChI is InChI=1S/C23H34F3N5O3/c1-30-12-16(11-27-30)10-21(32)28-18-3-4-19(33-14-18)7-9-31-8-6-17-2-5-22(29-20(17)13-31)34-15-23(24,25)26/h2,5,11,16-20H,3-4,6-10,12-15H2,1H3,(H,28,32)/t16?,17?,18-,19+,20?/m0/s1. The molecule has 8 nitrogen and oxygen atoms in total. The molecular formula is C23H34F3N5O3. The van der Waals surface area contributed by atoms with Gasteiger partial charge in [-0.05, 0) is 38.3 Å². The molecule has 190 valence electrons. The van der Waals surface area contributed by atoms with Crippen molar-refractivity contribution in [3.8, 4) is 0 Å². The van der Waals surface area contributed by atoms with Crippen molar-refractivity contribution in [2.75, 3.05) is 46.4 Å². The number of fused-ring (bicyclic) bond motifs is 1. The van der Waals surface area contributed by atoms with Gasteiger partial charge in [0.25, 0.3) is 0 Å². The van der Waals surface area contributed by atoms with E-state index in [0.29, 0.717) is 19.6 Å². The Bertz CT molecular complexity index is 795. The number of nitrogens with one attached hydrogen (secondary N) is 1. The summed E-state index contributed by atoms with van der Waals surface area (Å²) >= 11 is 0. The van der Waals surface area contributed by atoms with E-state index in [2.05, 4.69) is 20.3 Å². The molecule has 0 saturated carbocycles. The van der Waals surface area contributed by atoms with Gasteiger partial charge in [-0.1, -0.05) is 6.08 Å². The minimum atomic E-state index is -4.37. The van der Waals surface area contributed by atoms with Crippen molar-refractivity contribution < 1.29 is 27.4 Å². The molecule has 4 heterocycles. The van der Waals surface area contributed by atoms with E-state index in [1.165, 1.54) is 0 Å². The summed E-state index contributed by atoms with van der Waals surface area (Å²) in [5, 5.41) is 9.09. The molecule has 0 aromatic rings. The summed E-state index contributed by atoms with van der Waals surface area (Å²) in [6, 6.07) is -0.0207. The lowest BCUT2D eigenvalue weighted by Crippen LogP contribution is -2.46. The fraction of sp³-hybridized carbons (Fsp3) is 0.783. The maximum absolute atomic E-state index is 12.4. The Kier molecular flexibility index (Phi) is 8.13. The molecular weight excluding hydrogens is 451 g/mol. The maximum atomic E-state index is 12.4. The van der Waals surface area contributed by atoms with Crippen molar-refractivity contribution in [1.29, 1.82) is 0 Å². The smallest absolute Gasteiger partial charge is 0.422 e. The van der Waals surface area contributed by atoms with Crippen LogP contribution in [0.1, 0.15) is 32.1 Å². The van der Waals surface area contributed by atoms with Crippen LogP contribution in [0, 0.1) is 11.8 Å². The lowest BCUT2D eigenvalue weighted by atomic mass is 9.89. The zero-order valence-electron chi connectivity index (χ0n) is 19.5. The Morgan fingerprint density at radius 1 is 1.29 bits per heavy atom. The SMILES string of the molecule is CN1CC(CC(=O)N[C@H]2CC[C@H](CCN3CCC4C=CC(OCC(F)(F)F)=NC4C3)OC2)C=N1. The molecule has 0 aromatic heterocycles. The first-order chi connectivity index (χ1) is 16.2. The number of alkyl halides is 3. The second kappa shape index (κ2) is 11.1. The van der Waals surface area contributed by atoms with Crippen molar-refractivity contribution >= 4 is 18.0 Å². The number of halogens is 3. The van der Waals surface area contributed by atoms with Crippen molar-refractivity contribution in [2.45, 2.75) is 56.5 Å². The molecule has 2 fully saturated rings. The van der Waals surface area contributed by atoms with Crippen LogP contribution in [0.2, 0.25) is 0 Å². The topological polar surface area (TPSA) is 78.8 Å². The number of hydrazone groups is 1. The van der Waals surface area contributed by atoms with Gasteiger partial charge in [0.2, 0.25) is 11.8 Å². The van der Waals surface area contributed by atoms with Crippen molar-refractivity contribution in [1.82, 2.24) is 15.2 Å². The van der Waals surface area contributed by atoms with E-state index >= 15 is 0 Å². The van der Waals surface area contributed by atoms with E-state index in [9.17, 15) is 18.0 Å². The molecule has 4 aliphatic heterocycles. The summed E-state index contributed by atoms with van der Waals surface area (Å²) in [6.07, 6.45) is 5.18. The number of carbonyl (C=O) groups excluding carboxylic acids is 1. The van der Waals surface area contributed by atoms with E-state index in [4.69, 9.17) is 9.47 Å². The molecule has 4 aliphatic rings. The highest BCUT2D eigenvalue weighted by Gasteiger charge is 2.33. The Morgan fingerprint density at radius 3 is 2.85 bits per heavy atom. The number of piperidine rings is 1. The number of carbonyl (C=O) groups is 1. The molecule has 1 N–H and O–H groups in total. The predicted octanol–water partition coefficient (Wildman–Crippen LogP) is 2.22. The average Bonchev–Trinajstić information content (AvgIpc) is 3.20. The van der Waals surface area contributed by atoms with Gasteiger partial charge in [0, 0.05) is 51.2 Å². The molecule has 1 amide bonds. The fourth-order valence-electron chi connectivity index (χ4n) is 4.99. The van der Waals surface area contributed by atoms with Crippen molar-refractivity contribution in [3.05, 3.63) is 12.2 Å². The van der Waals surface area contributed by atoms with E-state index in [-0.39, 0.29) is 41.8 Å². The van der Waals surface area contributed by atoms with Crippen LogP contribution in [0.3, 0.4) is 0 Å². The number of ether oxygens (including phenoxy) is 2. The third-order valence-corrected chi connectivity index (χ3v) is 6.80. The van der Waals surface area contributed by atoms with Crippen molar-refractivity contribution in [2.24, 2.45) is 21.9 Å². The number of rotatable bonds is 7. The molecule has 11 heteroatoms. The highest BCUT2D eigenvalue weighted by Crippen LogP contribution is 2.27. The van der Waals surface area contributed by atoms with Gasteiger partial charge in [0.05, 0.1) is 24.8 Å². The first kappa shape index (κ1) is 25.0. The normalized spacial score (nSPS) is 31.8. The van der Waals surface area contributed by atoms with Crippen LogP contribution in [0.5, 0.6) is 0 Å². The summed E-state index contributed by atoms with van der Waals surface area (Å²) in [7, 11) is 1.90. The van der Waals surface area contributed by atoms with Gasteiger partial charge in [0.15, 0.2) is 6.61 Å². The summed E-state index contributed by atoms with van der Waals surface area (Å²) in [5.74, 6) is 0.530. The van der Waals surface area contributed by atoms with E-state index in [0.717, 1.165) is 45.3 Å². The molecule has 0 aliphatic carbocycles. The van der Waals surface area contributed by atoms with Gasteiger partial charge in [-0.2, -0.15) is 18.3 Å². The third-order valence-electron chi connectivity index (χ3n) is 6.80. The van der Waals surface area contributed by atoms with Gasteiger partial charge >= 0.3 is 6.18 Å². The number of hydrogen-bond acceptors (Lipinski definition) is 7. The highest BCUT2D eigenvalue weighted by molar-refractivity contribution is 5.88. The van der Waals surface area contributed by atoms with Crippen LogP contribution in [0.25, 0.3) is 0 Å². The quantitative estimate of drug-likeness (QED) is 0.598. The molecule has 0 radical (unpaired) electrons. The van der Waals surface area contributed by atoms with Gasteiger partial charge in [-0.3, -0.25) is 9.80 Å². The third kappa shape index (κ3) is 7.43. The summed E-state index contributed by atoms with van der Waals surface area (Å²) in [6.45, 7) is 2.48. The Balaban J connectivity index is 1.13. The molecule has 2 saturated heterocycles. The van der Waals surface area contributed by atoms with Crippen LogP contribution in [0.15, 0.2) is 22.2 Å². The Hall–Kier alpha value is -2.14. The first-order valence-corrected chi connectivity index (χ1v) is 12.1. The minimum absolute atomic E-state index is 0.0438. The van der Waals surface area contributed by atoms with Crippen LogP contribution >= 0.6 is 0 Å². The van der Waals surface area contributed by atoms with E-state index < -0.39 is 12.8 Å². The summed E-state index contributed by atoms with van der Waals surface area (Å²) in [4.78, 5) is 19.0. The molecule has 4 rings (SSSR count). The van der Waals surface area contributed by atoms with E-state index in [1.54, 1.807) is 6.08 Å². The van der Waals surface area contributed by atoms with Crippen LogP contribution < -0.4 is 5.32 Å². The van der Waals surface area contributed by atoms with Gasteiger partial charge in [-0.15, -0.1) is 0 Å². The summed E-state index contributed by atoms with van der Waals surface area (Å²) < 4.78 is 48.1. The second-order valence-corrected chi connectivity index (χ2v) is 9.71. The first-order valence-electron chi connectivity index (χ1n) is 12.1. The molecule has 0 bridgehead atoms. The van der Waals surface area contributed by atoms with Crippen molar-refractivity contribution in [3.63, 3.8) is 0 Å². The van der Waals surface area contributed by atoms with Crippen LogP contribution in [-0.4, -0.2) is 98.7 Å². The molecule has 0 aromatic carbocycles. The fourth-order valence-corrected chi connectivity index (χ4v) is 4.99. The molecule has 34 heavy (non-hydrogen) atoms. The average molecular weight is 486 g/mol. The largest absolute Gasteiger partial charge is 0.468 e. The number of dihydropyridines is 1. The number of likely N-dealkylation sites (tertiary alicyclic amines) is 1. The predicted molar refractivity (Wildman–Crippen MR) is 122 cm³/mol. The summed E-state index contributed by atoms with van der Waals surface area (Å²) in [5.41, 5.74) is 0. The zero-order chi connectivity index (χ0) is 24.1. The molecule has 3 unspecified atom stereocenters. The number of amides is 1. The lowest BCUT2D eigenvalue weighted by Gasteiger charge is -2.38. The van der Waals surface area contributed by atoms with Crippen LogP contribution in [0.4, 0.5) is 13.2 Å². The maximum Gasteiger partial charge on any atom is 0.422 e. The van der Waals surface area contributed by atoms with Gasteiger partial charge in [0.1, 0.15) is 0 Å². The van der Waals surface area contributed by atoms with Gasteiger partial charge < -0.3 is 19.7 Å². The molecule has 0 spiro atoms. The number of aliphatic imine (C=N–C) groups is 1. The zero-order valence-corrected chi connectivity index (χ0v) is 19.5. The minimum Gasteiger partial charge on any atom is -0.468 e. The number of nitrogens with zero attached hydrogens (tertiary/aromatic N) is 4. The Morgan fingerprint density at radius 2 is 2.15 bits per heavy atom. The molecule has 5 atom stereocenters. The van der Waals surface area contributed by atoms with Gasteiger partial charge in [-0.25, -0.2) is 4.99 Å².